The van der Waals surface area contributed by atoms with E-state index >= 15 is 0 Å². The summed E-state index contributed by atoms with van der Waals surface area (Å²) in [6.07, 6.45) is 0.229. The van der Waals surface area contributed by atoms with Crippen molar-refractivity contribution in [1.82, 2.24) is 0 Å². The molecule has 1 aliphatic rings. The fraction of sp³-hybridized carbons (Fsp3) is 0.467. The molecule has 20 heavy (non-hydrogen) atoms. The predicted molar refractivity (Wildman–Crippen MR) is 71.9 cm³/mol. The molecule has 1 aromatic carbocycles. The fourth-order valence-electron chi connectivity index (χ4n) is 2.51. The predicted octanol–water partition coefficient (Wildman–Crippen LogP) is 1.61. The molecule has 5 heteroatoms. The van der Waals surface area contributed by atoms with Crippen LogP contribution < -0.4 is 4.74 Å². The lowest BCUT2D eigenvalue weighted by atomic mass is 9.76. The molecule has 1 heterocycles. The van der Waals surface area contributed by atoms with Crippen molar-refractivity contribution in [2.45, 2.75) is 19.8 Å². The first kappa shape index (κ1) is 14.5. The van der Waals surface area contributed by atoms with E-state index in [1.807, 2.05) is 19.1 Å². The Labute approximate surface area is 117 Å². The van der Waals surface area contributed by atoms with Crippen LogP contribution in [0.5, 0.6) is 5.75 Å². The number of methoxy groups -OCH3 is 1. The minimum atomic E-state index is -1.50. The number of carbonyl (C=O) groups excluding carboxylic acids is 1. The molecule has 1 saturated heterocycles. The molecule has 0 bridgehead atoms. The van der Waals surface area contributed by atoms with Crippen molar-refractivity contribution in [1.29, 1.82) is 0 Å². The molecule has 5 nitrogen and oxygen atoms in total. The van der Waals surface area contributed by atoms with Gasteiger partial charge < -0.3 is 14.6 Å². The highest BCUT2D eigenvalue weighted by molar-refractivity contribution is 6.04. The molecular weight excluding hydrogens is 260 g/mol. The lowest BCUT2D eigenvalue weighted by molar-refractivity contribution is -0.164. The Bertz CT molecular complexity index is 537. The second-order valence-electron chi connectivity index (χ2n) is 5.11. The normalized spacial score (nSPS) is 22.6. The lowest BCUT2D eigenvalue weighted by Crippen LogP contribution is -2.48. The quantitative estimate of drug-likeness (QED) is 0.847. The number of hydrogen-bond acceptors (Lipinski definition) is 4. The maximum atomic E-state index is 12.1. The highest BCUT2D eigenvalue weighted by atomic mass is 16.5. The number of rotatable bonds is 4. The number of carboxylic acid groups (broad SMARTS) is 1. The zero-order valence-corrected chi connectivity index (χ0v) is 11.6. The Morgan fingerprint density at radius 1 is 1.50 bits per heavy atom. The molecule has 2 rings (SSSR count). The van der Waals surface area contributed by atoms with E-state index in [9.17, 15) is 14.7 Å². The maximum absolute atomic E-state index is 12.1. The van der Waals surface area contributed by atoms with Gasteiger partial charge in [0.25, 0.3) is 0 Å². The summed E-state index contributed by atoms with van der Waals surface area (Å²) in [4.78, 5) is 23.8. The van der Waals surface area contributed by atoms with Crippen LogP contribution in [0, 0.1) is 12.3 Å². The van der Waals surface area contributed by atoms with Gasteiger partial charge in [0.2, 0.25) is 0 Å². The van der Waals surface area contributed by atoms with E-state index in [2.05, 4.69) is 0 Å². The van der Waals surface area contributed by atoms with Crippen molar-refractivity contribution < 1.29 is 24.2 Å². The molecule has 0 amide bonds. The smallest absolute Gasteiger partial charge is 0.319 e. The largest absolute Gasteiger partial charge is 0.496 e. The lowest BCUT2D eigenvalue weighted by Gasteiger charge is -2.32. The first-order valence-corrected chi connectivity index (χ1v) is 6.47. The van der Waals surface area contributed by atoms with Crippen molar-refractivity contribution in [3.8, 4) is 5.75 Å². The standard InChI is InChI=1S/C15H18O5/c1-10-3-4-12(19-2)11(7-10)8-15(14(17)18)9-20-6-5-13(15)16/h3-4,7H,5-6,8-9H2,1-2H3,(H,17,18). The molecule has 0 aliphatic carbocycles. The number of benzene rings is 1. The van der Waals surface area contributed by atoms with Crippen LogP contribution in [-0.2, 0) is 20.7 Å². The van der Waals surface area contributed by atoms with Crippen molar-refractivity contribution in [3.63, 3.8) is 0 Å². The second-order valence-corrected chi connectivity index (χ2v) is 5.11. The maximum Gasteiger partial charge on any atom is 0.319 e. The van der Waals surface area contributed by atoms with Crippen LogP contribution in [0.1, 0.15) is 17.5 Å². The Hall–Kier alpha value is -1.88. The van der Waals surface area contributed by atoms with E-state index in [4.69, 9.17) is 9.47 Å². The van der Waals surface area contributed by atoms with Crippen LogP contribution in [0.4, 0.5) is 0 Å². The molecular formula is C15H18O5. The van der Waals surface area contributed by atoms with Crippen LogP contribution in [0.3, 0.4) is 0 Å². The summed E-state index contributed by atoms with van der Waals surface area (Å²) in [6.45, 7) is 2.12. The molecule has 1 fully saturated rings. The van der Waals surface area contributed by atoms with Crippen LogP contribution >= 0.6 is 0 Å². The minimum Gasteiger partial charge on any atom is -0.496 e. The van der Waals surface area contributed by atoms with Crippen LogP contribution in [0.15, 0.2) is 18.2 Å². The van der Waals surface area contributed by atoms with Gasteiger partial charge in [0.05, 0.1) is 20.3 Å². The van der Waals surface area contributed by atoms with Gasteiger partial charge in [0.15, 0.2) is 11.2 Å². The summed E-state index contributed by atoms with van der Waals surface area (Å²) in [5.41, 5.74) is 0.207. The van der Waals surface area contributed by atoms with Gasteiger partial charge in [-0.2, -0.15) is 0 Å². The summed E-state index contributed by atoms with van der Waals surface area (Å²) in [5.74, 6) is -0.819. The highest BCUT2D eigenvalue weighted by Crippen LogP contribution is 2.33. The van der Waals surface area contributed by atoms with Gasteiger partial charge in [-0.25, -0.2) is 0 Å². The Morgan fingerprint density at radius 2 is 2.25 bits per heavy atom. The monoisotopic (exact) mass is 278 g/mol. The zero-order chi connectivity index (χ0) is 14.8. The van der Waals surface area contributed by atoms with E-state index < -0.39 is 11.4 Å². The third-order valence-corrected chi connectivity index (χ3v) is 3.69. The molecule has 0 aromatic heterocycles. The molecule has 0 radical (unpaired) electrons. The molecule has 0 saturated carbocycles. The summed E-state index contributed by atoms with van der Waals surface area (Å²) >= 11 is 0. The number of ether oxygens (including phenoxy) is 2. The van der Waals surface area contributed by atoms with E-state index in [1.54, 1.807) is 6.07 Å². The molecule has 1 N–H and O–H groups in total. The van der Waals surface area contributed by atoms with Crippen molar-refractivity contribution in [3.05, 3.63) is 29.3 Å². The number of carboxylic acids is 1. The van der Waals surface area contributed by atoms with Gasteiger partial charge >= 0.3 is 5.97 Å². The number of carbonyl (C=O) groups is 2. The summed E-state index contributed by atoms with van der Waals surface area (Å²) in [5, 5.41) is 9.51. The van der Waals surface area contributed by atoms with E-state index in [0.29, 0.717) is 17.9 Å². The summed E-state index contributed by atoms with van der Waals surface area (Å²) in [7, 11) is 1.53. The first-order chi connectivity index (χ1) is 9.49. The summed E-state index contributed by atoms with van der Waals surface area (Å²) < 4.78 is 10.5. The van der Waals surface area contributed by atoms with Gasteiger partial charge in [0, 0.05) is 12.8 Å². The third-order valence-electron chi connectivity index (χ3n) is 3.69. The minimum absolute atomic E-state index is 0.0851. The molecule has 1 atom stereocenters. The Kier molecular flexibility index (Phi) is 4.09. The van der Waals surface area contributed by atoms with Gasteiger partial charge in [0.1, 0.15) is 5.75 Å². The Morgan fingerprint density at radius 3 is 2.85 bits per heavy atom. The van der Waals surface area contributed by atoms with E-state index in [0.717, 1.165) is 5.56 Å². The van der Waals surface area contributed by atoms with Gasteiger partial charge in [-0.1, -0.05) is 17.7 Å². The molecule has 1 aromatic rings. The van der Waals surface area contributed by atoms with Crippen LogP contribution in [-0.4, -0.2) is 37.2 Å². The summed E-state index contributed by atoms with van der Waals surface area (Å²) in [6, 6.07) is 5.52. The van der Waals surface area contributed by atoms with E-state index in [1.165, 1.54) is 7.11 Å². The second kappa shape index (κ2) is 5.63. The number of hydrogen-bond donors (Lipinski definition) is 1. The number of aliphatic carboxylic acids is 1. The average Bonchev–Trinajstić information content (AvgIpc) is 2.41. The van der Waals surface area contributed by atoms with Crippen molar-refractivity contribution in [2.24, 2.45) is 5.41 Å². The number of ketones is 1. The van der Waals surface area contributed by atoms with Crippen LogP contribution in [0.25, 0.3) is 0 Å². The van der Waals surface area contributed by atoms with Crippen molar-refractivity contribution >= 4 is 11.8 Å². The molecule has 1 unspecified atom stereocenters. The molecule has 108 valence electrons. The third kappa shape index (κ3) is 2.54. The van der Waals surface area contributed by atoms with Gasteiger partial charge in [-0.05, 0) is 18.6 Å². The number of Topliss-reactive ketones (excluding diaryl/α,β-unsaturated/α-hetero) is 1. The van der Waals surface area contributed by atoms with Crippen molar-refractivity contribution in [2.75, 3.05) is 20.3 Å². The first-order valence-electron chi connectivity index (χ1n) is 6.47. The fourth-order valence-corrected chi connectivity index (χ4v) is 2.51. The Balaban J connectivity index is 2.40. The number of aryl methyl sites for hydroxylation is 1. The van der Waals surface area contributed by atoms with E-state index in [-0.39, 0.29) is 25.2 Å². The average molecular weight is 278 g/mol. The van der Waals surface area contributed by atoms with Gasteiger partial charge in [-0.3, -0.25) is 9.59 Å². The molecule has 0 spiro atoms. The molecule has 1 aliphatic heterocycles. The highest BCUT2D eigenvalue weighted by Gasteiger charge is 2.48. The zero-order valence-electron chi connectivity index (χ0n) is 11.6. The van der Waals surface area contributed by atoms with Crippen LogP contribution in [0.2, 0.25) is 0 Å². The topological polar surface area (TPSA) is 72.8 Å². The SMILES string of the molecule is COc1ccc(C)cc1CC1(C(=O)O)COCCC1=O. The van der Waals surface area contributed by atoms with Gasteiger partial charge in [-0.15, -0.1) is 0 Å².